The highest BCUT2D eigenvalue weighted by Gasteiger charge is 2.23. The van der Waals surface area contributed by atoms with E-state index in [1.54, 1.807) is 0 Å². The first-order valence-corrected chi connectivity index (χ1v) is 5.42. The fourth-order valence-electron chi connectivity index (χ4n) is 2.28. The number of benzene rings is 1. The van der Waals surface area contributed by atoms with Crippen LogP contribution in [0.5, 0.6) is 0 Å². The smallest absolute Gasteiger partial charge is 0.220 e. The van der Waals surface area contributed by atoms with Crippen molar-refractivity contribution in [2.45, 2.75) is 12.3 Å². The van der Waals surface area contributed by atoms with Crippen LogP contribution < -0.4 is 5.32 Å². The third-order valence-electron chi connectivity index (χ3n) is 3.22. The van der Waals surface area contributed by atoms with E-state index in [4.69, 9.17) is 0 Å². The molecule has 1 aromatic carbocycles. The SMILES string of the molecule is Cn1ncc2cc(C3CNC(=O)C3)ccc21. The molecule has 0 aliphatic carbocycles. The Bertz CT molecular complexity index is 558. The summed E-state index contributed by atoms with van der Waals surface area (Å²) in [6.45, 7) is 0.755. The Morgan fingerprint density at radius 2 is 2.38 bits per heavy atom. The van der Waals surface area contributed by atoms with Crippen LogP contribution in [-0.4, -0.2) is 22.2 Å². The molecule has 4 heteroatoms. The van der Waals surface area contributed by atoms with Gasteiger partial charge in [0.15, 0.2) is 0 Å². The highest BCUT2D eigenvalue weighted by atomic mass is 16.1. The monoisotopic (exact) mass is 215 g/mol. The summed E-state index contributed by atoms with van der Waals surface area (Å²) < 4.78 is 1.86. The van der Waals surface area contributed by atoms with E-state index in [1.807, 2.05) is 17.9 Å². The molecule has 16 heavy (non-hydrogen) atoms. The number of carbonyl (C=O) groups is 1. The first-order chi connectivity index (χ1) is 7.74. The molecule has 1 amide bonds. The Kier molecular flexibility index (Phi) is 1.96. The van der Waals surface area contributed by atoms with Gasteiger partial charge in [-0.3, -0.25) is 9.48 Å². The predicted molar refractivity (Wildman–Crippen MR) is 61.1 cm³/mol. The van der Waals surface area contributed by atoms with Gasteiger partial charge in [-0.1, -0.05) is 6.07 Å². The van der Waals surface area contributed by atoms with E-state index < -0.39 is 0 Å². The summed E-state index contributed by atoms with van der Waals surface area (Å²) >= 11 is 0. The number of hydrogen-bond acceptors (Lipinski definition) is 2. The summed E-state index contributed by atoms with van der Waals surface area (Å²) in [6.07, 6.45) is 2.47. The van der Waals surface area contributed by atoms with Crippen molar-refractivity contribution in [3.8, 4) is 0 Å². The molecule has 1 atom stereocenters. The molecule has 1 aliphatic rings. The number of nitrogens with zero attached hydrogens (tertiary/aromatic N) is 2. The fourth-order valence-corrected chi connectivity index (χ4v) is 2.28. The van der Waals surface area contributed by atoms with Gasteiger partial charge in [0.1, 0.15) is 0 Å². The topological polar surface area (TPSA) is 46.9 Å². The van der Waals surface area contributed by atoms with Crippen molar-refractivity contribution < 1.29 is 4.79 Å². The van der Waals surface area contributed by atoms with Crippen LogP contribution in [-0.2, 0) is 11.8 Å². The summed E-state index contributed by atoms with van der Waals surface area (Å²) in [5.74, 6) is 0.466. The number of nitrogens with one attached hydrogen (secondary N) is 1. The summed E-state index contributed by atoms with van der Waals surface area (Å²) in [4.78, 5) is 11.2. The van der Waals surface area contributed by atoms with Gasteiger partial charge < -0.3 is 5.32 Å². The van der Waals surface area contributed by atoms with Crippen molar-refractivity contribution in [1.29, 1.82) is 0 Å². The average molecular weight is 215 g/mol. The average Bonchev–Trinajstić information content (AvgIpc) is 2.86. The number of fused-ring (bicyclic) bond motifs is 1. The van der Waals surface area contributed by atoms with E-state index in [0.29, 0.717) is 12.3 Å². The quantitative estimate of drug-likeness (QED) is 0.776. The van der Waals surface area contributed by atoms with Gasteiger partial charge in [0.05, 0.1) is 11.7 Å². The number of amides is 1. The van der Waals surface area contributed by atoms with Gasteiger partial charge >= 0.3 is 0 Å². The van der Waals surface area contributed by atoms with Crippen LogP contribution in [0.4, 0.5) is 0 Å². The molecular formula is C12H13N3O. The largest absolute Gasteiger partial charge is 0.355 e. The molecule has 1 unspecified atom stereocenters. The second kappa shape index (κ2) is 3.33. The first kappa shape index (κ1) is 9.39. The predicted octanol–water partition coefficient (Wildman–Crippen LogP) is 1.18. The molecule has 2 aromatic rings. The normalized spacial score (nSPS) is 20.3. The van der Waals surface area contributed by atoms with E-state index in [-0.39, 0.29) is 5.91 Å². The molecule has 82 valence electrons. The molecule has 3 rings (SSSR count). The van der Waals surface area contributed by atoms with Crippen molar-refractivity contribution in [2.24, 2.45) is 7.05 Å². The molecule has 1 saturated heterocycles. The van der Waals surface area contributed by atoms with Crippen molar-refractivity contribution in [2.75, 3.05) is 6.54 Å². The van der Waals surface area contributed by atoms with Crippen LogP contribution in [0.3, 0.4) is 0 Å². The molecule has 0 radical (unpaired) electrons. The second-order valence-electron chi connectivity index (χ2n) is 4.29. The van der Waals surface area contributed by atoms with Gasteiger partial charge in [-0.25, -0.2) is 0 Å². The molecule has 0 spiro atoms. The van der Waals surface area contributed by atoms with Gasteiger partial charge in [-0.2, -0.15) is 5.10 Å². The maximum absolute atomic E-state index is 11.2. The molecule has 1 aromatic heterocycles. The number of rotatable bonds is 1. The van der Waals surface area contributed by atoms with Gasteiger partial charge in [-0.05, 0) is 17.7 Å². The van der Waals surface area contributed by atoms with E-state index in [9.17, 15) is 4.79 Å². The molecule has 1 N–H and O–H groups in total. The molecule has 0 saturated carbocycles. The maximum Gasteiger partial charge on any atom is 0.220 e. The molecule has 1 fully saturated rings. The summed E-state index contributed by atoms with van der Waals surface area (Å²) in [6, 6.07) is 6.29. The highest BCUT2D eigenvalue weighted by molar-refractivity contribution is 5.82. The van der Waals surface area contributed by atoms with Crippen LogP contribution in [0.2, 0.25) is 0 Å². The third kappa shape index (κ3) is 1.38. The highest BCUT2D eigenvalue weighted by Crippen LogP contribution is 2.26. The maximum atomic E-state index is 11.2. The molecule has 1 aliphatic heterocycles. The molecule has 0 bridgehead atoms. The number of aromatic nitrogens is 2. The van der Waals surface area contributed by atoms with E-state index in [1.165, 1.54) is 5.56 Å². The lowest BCUT2D eigenvalue weighted by Gasteiger charge is -2.07. The molecular weight excluding hydrogens is 202 g/mol. The minimum Gasteiger partial charge on any atom is -0.355 e. The zero-order chi connectivity index (χ0) is 11.1. The van der Waals surface area contributed by atoms with Crippen LogP contribution >= 0.6 is 0 Å². The van der Waals surface area contributed by atoms with Crippen molar-refractivity contribution in [3.63, 3.8) is 0 Å². The Balaban J connectivity index is 2.02. The van der Waals surface area contributed by atoms with Crippen LogP contribution in [0.25, 0.3) is 10.9 Å². The third-order valence-corrected chi connectivity index (χ3v) is 3.22. The lowest BCUT2D eigenvalue weighted by atomic mass is 9.97. The lowest BCUT2D eigenvalue weighted by Crippen LogP contribution is -2.13. The van der Waals surface area contributed by atoms with Crippen molar-refractivity contribution in [1.82, 2.24) is 15.1 Å². The lowest BCUT2D eigenvalue weighted by molar-refractivity contribution is -0.119. The van der Waals surface area contributed by atoms with E-state index >= 15 is 0 Å². The first-order valence-electron chi connectivity index (χ1n) is 5.42. The van der Waals surface area contributed by atoms with Crippen LogP contribution in [0.1, 0.15) is 17.9 Å². The van der Waals surface area contributed by atoms with Gasteiger partial charge in [0.2, 0.25) is 5.91 Å². The van der Waals surface area contributed by atoms with Gasteiger partial charge in [0, 0.05) is 31.3 Å². The van der Waals surface area contributed by atoms with Crippen molar-refractivity contribution >= 4 is 16.8 Å². The van der Waals surface area contributed by atoms with Gasteiger partial charge in [0.25, 0.3) is 0 Å². The summed E-state index contributed by atoms with van der Waals surface area (Å²) in [5.41, 5.74) is 2.35. The molecule has 2 heterocycles. The fraction of sp³-hybridized carbons (Fsp3) is 0.333. The van der Waals surface area contributed by atoms with Crippen molar-refractivity contribution in [3.05, 3.63) is 30.0 Å². The van der Waals surface area contributed by atoms with E-state index in [0.717, 1.165) is 17.4 Å². The Morgan fingerprint density at radius 3 is 3.12 bits per heavy atom. The Labute approximate surface area is 93.3 Å². The van der Waals surface area contributed by atoms with E-state index in [2.05, 4.69) is 28.6 Å². The molecule has 4 nitrogen and oxygen atoms in total. The Morgan fingerprint density at radius 1 is 1.50 bits per heavy atom. The van der Waals surface area contributed by atoms with Gasteiger partial charge in [-0.15, -0.1) is 0 Å². The second-order valence-corrected chi connectivity index (χ2v) is 4.29. The van der Waals surface area contributed by atoms with Crippen LogP contribution in [0, 0.1) is 0 Å². The minimum absolute atomic E-state index is 0.149. The number of carbonyl (C=O) groups excluding carboxylic acids is 1. The number of aryl methyl sites for hydroxylation is 1. The zero-order valence-corrected chi connectivity index (χ0v) is 9.10. The zero-order valence-electron chi connectivity index (χ0n) is 9.10. The van der Waals surface area contributed by atoms with Crippen LogP contribution in [0.15, 0.2) is 24.4 Å². The standard InChI is InChI=1S/C12H13N3O/c1-15-11-3-2-8(4-10(11)7-14-15)9-5-12(16)13-6-9/h2-4,7,9H,5-6H2,1H3,(H,13,16). The number of hydrogen-bond donors (Lipinski definition) is 1. The Hall–Kier alpha value is -1.84. The summed E-state index contributed by atoms with van der Waals surface area (Å²) in [7, 11) is 1.93. The summed E-state index contributed by atoms with van der Waals surface area (Å²) in [5, 5.41) is 8.21. The minimum atomic E-state index is 0.149.